The number of cyclic esters (lactones) is 1. The molecule has 0 fully saturated rings. The lowest BCUT2D eigenvalue weighted by molar-refractivity contribution is -0.148. The van der Waals surface area contributed by atoms with E-state index in [0.717, 1.165) is 0 Å². The Labute approximate surface area is 181 Å². The molecule has 0 aliphatic carbocycles. The zero-order chi connectivity index (χ0) is 22.8. The summed E-state index contributed by atoms with van der Waals surface area (Å²) in [5.74, 6) is -1.62. The molecule has 0 bridgehead atoms. The van der Waals surface area contributed by atoms with Crippen molar-refractivity contribution in [1.29, 1.82) is 0 Å². The highest BCUT2D eigenvalue weighted by Crippen LogP contribution is 2.37. The Kier molecular flexibility index (Phi) is 6.24. The Morgan fingerprint density at radius 3 is 2.58 bits per heavy atom. The molecule has 162 valence electrons. The molecule has 7 heteroatoms. The van der Waals surface area contributed by atoms with E-state index in [1.54, 1.807) is 65.0 Å². The standard InChI is InChI=1S/C24H25NO6/c1-6-29-22(27)19-14(2)25-17-13-30-23(28)21(17)20(19)16-10-8-7-9-15(16)11-12-18(26)31-24(3,4)5/h7-12H,6,13H2,1-5H3/b12-11-. The van der Waals surface area contributed by atoms with Gasteiger partial charge in [-0.25, -0.2) is 14.4 Å². The minimum absolute atomic E-state index is 0.0427. The highest BCUT2D eigenvalue weighted by atomic mass is 16.6. The summed E-state index contributed by atoms with van der Waals surface area (Å²) in [6.45, 7) is 8.98. The van der Waals surface area contributed by atoms with Gasteiger partial charge >= 0.3 is 17.9 Å². The fourth-order valence-electron chi connectivity index (χ4n) is 3.38. The van der Waals surface area contributed by atoms with Crippen molar-refractivity contribution in [2.24, 2.45) is 0 Å². The van der Waals surface area contributed by atoms with Gasteiger partial charge in [-0.15, -0.1) is 0 Å². The van der Waals surface area contributed by atoms with Gasteiger partial charge in [0.2, 0.25) is 0 Å². The Bertz CT molecular complexity index is 1080. The maximum absolute atomic E-state index is 12.8. The predicted octanol–water partition coefficient (Wildman–Crippen LogP) is 4.26. The van der Waals surface area contributed by atoms with Crippen LogP contribution in [-0.2, 0) is 25.6 Å². The largest absolute Gasteiger partial charge is 0.462 e. The molecule has 7 nitrogen and oxygen atoms in total. The van der Waals surface area contributed by atoms with E-state index in [0.29, 0.717) is 28.1 Å². The molecule has 31 heavy (non-hydrogen) atoms. The van der Waals surface area contributed by atoms with Gasteiger partial charge < -0.3 is 14.2 Å². The third-order valence-corrected chi connectivity index (χ3v) is 4.51. The molecule has 3 rings (SSSR count). The molecular formula is C24H25NO6. The first-order chi connectivity index (χ1) is 14.6. The molecule has 2 heterocycles. The third kappa shape index (κ3) is 4.82. The molecule has 1 aliphatic rings. The first-order valence-corrected chi connectivity index (χ1v) is 10.0. The van der Waals surface area contributed by atoms with Crippen molar-refractivity contribution in [2.75, 3.05) is 6.61 Å². The van der Waals surface area contributed by atoms with Crippen LogP contribution in [0.25, 0.3) is 17.2 Å². The van der Waals surface area contributed by atoms with E-state index >= 15 is 0 Å². The number of nitrogens with zero attached hydrogens (tertiary/aromatic N) is 1. The lowest BCUT2D eigenvalue weighted by atomic mass is 9.90. The number of aryl methyl sites for hydroxylation is 1. The number of rotatable bonds is 5. The van der Waals surface area contributed by atoms with E-state index < -0.39 is 23.5 Å². The normalized spacial score (nSPS) is 13.1. The van der Waals surface area contributed by atoms with Crippen LogP contribution in [0.4, 0.5) is 0 Å². The Morgan fingerprint density at radius 2 is 1.90 bits per heavy atom. The molecule has 1 aromatic carbocycles. The van der Waals surface area contributed by atoms with Crippen LogP contribution in [0, 0.1) is 6.92 Å². The molecule has 0 unspecified atom stereocenters. The summed E-state index contributed by atoms with van der Waals surface area (Å²) in [6.07, 6.45) is 2.92. The number of hydrogen-bond donors (Lipinski definition) is 0. The predicted molar refractivity (Wildman–Crippen MR) is 114 cm³/mol. The zero-order valence-corrected chi connectivity index (χ0v) is 18.3. The van der Waals surface area contributed by atoms with Gasteiger partial charge in [0.1, 0.15) is 12.2 Å². The second-order valence-corrected chi connectivity index (χ2v) is 8.02. The number of hydrogen-bond acceptors (Lipinski definition) is 7. The van der Waals surface area contributed by atoms with Gasteiger partial charge in [0.25, 0.3) is 0 Å². The van der Waals surface area contributed by atoms with Crippen LogP contribution < -0.4 is 0 Å². The van der Waals surface area contributed by atoms with Gasteiger partial charge in [0.05, 0.1) is 29.1 Å². The van der Waals surface area contributed by atoms with Crippen molar-refractivity contribution in [3.63, 3.8) is 0 Å². The van der Waals surface area contributed by atoms with Crippen LogP contribution in [0.1, 0.15) is 65.4 Å². The molecule has 0 saturated heterocycles. The number of esters is 3. The Balaban J connectivity index is 2.19. The van der Waals surface area contributed by atoms with Gasteiger partial charge in [-0.3, -0.25) is 4.98 Å². The first-order valence-electron chi connectivity index (χ1n) is 10.0. The molecule has 2 aromatic rings. The monoisotopic (exact) mass is 423 g/mol. The average Bonchev–Trinajstić information content (AvgIpc) is 3.04. The van der Waals surface area contributed by atoms with Crippen LogP contribution >= 0.6 is 0 Å². The molecule has 1 aromatic heterocycles. The third-order valence-electron chi connectivity index (χ3n) is 4.51. The maximum atomic E-state index is 12.8. The fraction of sp³-hybridized carbons (Fsp3) is 0.333. The van der Waals surface area contributed by atoms with Gasteiger partial charge in [0, 0.05) is 11.6 Å². The quantitative estimate of drug-likeness (QED) is 0.403. The van der Waals surface area contributed by atoms with Crippen molar-refractivity contribution in [3.8, 4) is 11.1 Å². The SMILES string of the molecule is CCOC(=O)c1c(C)nc2c(c1-c1ccccc1/C=C\C(=O)OC(C)(C)C)C(=O)OC2. The molecule has 0 spiro atoms. The second kappa shape index (κ2) is 8.71. The number of pyridine rings is 1. The van der Waals surface area contributed by atoms with Crippen LogP contribution in [0.3, 0.4) is 0 Å². The summed E-state index contributed by atoms with van der Waals surface area (Å²) in [5, 5.41) is 0. The number of aromatic nitrogens is 1. The van der Waals surface area contributed by atoms with Crippen molar-refractivity contribution in [1.82, 2.24) is 4.98 Å². The molecule has 0 N–H and O–H groups in total. The number of benzene rings is 1. The highest BCUT2D eigenvalue weighted by Gasteiger charge is 2.33. The second-order valence-electron chi connectivity index (χ2n) is 8.02. The van der Waals surface area contributed by atoms with Crippen LogP contribution in [-0.4, -0.2) is 35.1 Å². The van der Waals surface area contributed by atoms with Gasteiger partial charge in [0.15, 0.2) is 0 Å². The molecule has 0 radical (unpaired) electrons. The smallest absolute Gasteiger partial charge is 0.341 e. The highest BCUT2D eigenvalue weighted by molar-refractivity contribution is 6.09. The zero-order valence-electron chi connectivity index (χ0n) is 18.3. The van der Waals surface area contributed by atoms with E-state index in [2.05, 4.69) is 4.98 Å². The summed E-state index contributed by atoms with van der Waals surface area (Å²) in [6, 6.07) is 7.15. The van der Waals surface area contributed by atoms with Crippen molar-refractivity contribution >= 4 is 24.0 Å². The minimum atomic E-state index is -0.620. The lowest BCUT2D eigenvalue weighted by Crippen LogP contribution is -2.22. The summed E-state index contributed by atoms with van der Waals surface area (Å²) in [5.41, 5.74) is 2.35. The van der Waals surface area contributed by atoms with Crippen LogP contribution in [0.2, 0.25) is 0 Å². The van der Waals surface area contributed by atoms with Crippen LogP contribution in [0.5, 0.6) is 0 Å². The van der Waals surface area contributed by atoms with Gasteiger partial charge in [-0.1, -0.05) is 24.3 Å². The molecule has 0 saturated carbocycles. The minimum Gasteiger partial charge on any atom is -0.462 e. The number of fused-ring (bicyclic) bond motifs is 1. The maximum Gasteiger partial charge on any atom is 0.341 e. The fourth-order valence-corrected chi connectivity index (χ4v) is 3.38. The van der Waals surface area contributed by atoms with E-state index in [-0.39, 0.29) is 24.3 Å². The summed E-state index contributed by atoms with van der Waals surface area (Å²) in [4.78, 5) is 41.9. The average molecular weight is 423 g/mol. The van der Waals surface area contributed by atoms with E-state index in [9.17, 15) is 14.4 Å². The van der Waals surface area contributed by atoms with Gasteiger partial charge in [-0.05, 0) is 51.8 Å². The summed E-state index contributed by atoms with van der Waals surface area (Å²) in [7, 11) is 0. The topological polar surface area (TPSA) is 91.8 Å². The van der Waals surface area contributed by atoms with Crippen molar-refractivity contribution < 1.29 is 28.6 Å². The van der Waals surface area contributed by atoms with E-state index in [1.807, 2.05) is 0 Å². The molecule has 0 amide bonds. The molecule has 0 atom stereocenters. The first kappa shape index (κ1) is 22.2. The summed E-state index contributed by atoms with van der Waals surface area (Å²) >= 11 is 0. The Morgan fingerprint density at radius 1 is 1.19 bits per heavy atom. The Hall–Kier alpha value is -3.48. The van der Waals surface area contributed by atoms with Crippen molar-refractivity contribution in [2.45, 2.75) is 46.8 Å². The number of carbonyl (C=O) groups excluding carboxylic acids is 3. The number of ether oxygens (including phenoxy) is 3. The summed E-state index contributed by atoms with van der Waals surface area (Å²) < 4.78 is 15.7. The van der Waals surface area contributed by atoms with E-state index in [4.69, 9.17) is 14.2 Å². The van der Waals surface area contributed by atoms with Crippen molar-refractivity contribution in [3.05, 3.63) is 58.4 Å². The van der Waals surface area contributed by atoms with E-state index in [1.165, 1.54) is 6.08 Å². The molecule has 1 aliphatic heterocycles. The van der Waals surface area contributed by atoms with Crippen LogP contribution in [0.15, 0.2) is 30.3 Å². The van der Waals surface area contributed by atoms with Gasteiger partial charge in [-0.2, -0.15) is 0 Å². The lowest BCUT2D eigenvalue weighted by Gasteiger charge is -2.18. The number of carbonyl (C=O) groups is 3. The molecular weight excluding hydrogens is 398 g/mol.